The number of rotatable bonds is 3. The Hall–Kier alpha value is -0.0900. The third-order valence-electron chi connectivity index (χ3n) is 0.947. The Kier molecular flexibility index (Phi) is 0.806. The number of thiazole rings is 1. The second-order valence-corrected chi connectivity index (χ2v) is 4.00. The molecule has 0 aliphatic rings. The van der Waals surface area contributed by atoms with Crippen LogP contribution in [-0.4, -0.2) is 18.9 Å². The van der Waals surface area contributed by atoms with Crippen LogP contribution in [0.1, 0.15) is 36.7 Å². The first kappa shape index (κ1) is 2.28. The van der Waals surface area contributed by atoms with Crippen LogP contribution in [0.4, 0.5) is 5.13 Å². The van der Waals surface area contributed by atoms with Gasteiger partial charge in [-0.05, 0) is 22.3 Å². The molecule has 0 bridgehead atoms. The second kappa shape index (κ2) is 4.23. The third kappa shape index (κ3) is 2.20. The number of aromatic nitrogens is 1. The van der Waals surface area contributed by atoms with E-state index >= 15 is 0 Å². The van der Waals surface area contributed by atoms with Gasteiger partial charge in [0.1, 0.15) is 0 Å². The molecule has 1 rings (SSSR count). The predicted molar refractivity (Wildman–Crippen MR) is 58.1 cm³/mol. The first-order chi connectivity index (χ1) is 10.7. The van der Waals surface area contributed by atoms with Gasteiger partial charge >= 0.3 is 0 Å². The number of halogens is 1. The van der Waals surface area contributed by atoms with Crippen molar-refractivity contribution in [3.63, 3.8) is 0 Å². The molecule has 0 aliphatic heterocycles. The third-order valence-corrected chi connectivity index (χ3v) is 2.64. The Morgan fingerprint density at radius 3 is 3.25 bits per heavy atom. The number of nitrogens with zero attached hydrogens (tertiary/aromatic N) is 2. The lowest BCUT2D eigenvalue weighted by atomic mass is 10.3. The molecule has 0 saturated heterocycles. The minimum Gasteiger partial charge on any atom is -0.354 e. The van der Waals surface area contributed by atoms with E-state index in [0.29, 0.717) is 11.3 Å². The predicted octanol–water partition coefficient (Wildman–Crippen LogP) is 2.92. The summed E-state index contributed by atoms with van der Waals surface area (Å²) < 4.78 is 96.3. The van der Waals surface area contributed by atoms with Gasteiger partial charge in [0.15, 0.2) is 5.13 Å². The smallest absolute Gasteiger partial charge is 0.186 e. The number of hydrogen-bond acceptors (Lipinski definition) is 3. The molecule has 0 amide bonds. The lowest BCUT2D eigenvalue weighted by Crippen LogP contribution is -2.07. The van der Waals surface area contributed by atoms with E-state index in [1.807, 2.05) is 0 Å². The maximum Gasteiger partial charge on any atom is 0.186 e. The van der Waals surface area contributed by atoms with Gasteiger partial charge in [-0.15, -0.1) is 0 Å². The molecule has 0 unspecified atom stereocenters. The van der Waals surface area contributed by atoms with E-state index < -0.39 is 44.4 Å². The largest absolute Gasteiger partial charge is 0.354 e. The van der Waals surface area contributed by atoms with Crippen LogP contribution in [0.15, 0.2) is 3.79 Å². The molecule has 0 aliphatic carbocycles. The molecule has 68 valence electrons. The zero-order valence-electron chi connectivity index (χ0n) is 18.7. The van der Waals surface area contributed by atoms with Crippen molar-refractivity contribution >= 4 is 32.4 Å². The molecule has 0 N–H and O–H groups in total. The summed E-state index contributed by atoms with van der Waals surface area (Å²) in [4.78, 5) is 3.62. The molecule has 0 radical (unpaired) electrons. The van der Waals surface area contributed by atoms with Gasteiger partial charge < -0.3 is 4.90 Å². The Morgan fingerprint density at radius 1 is 1.75 bits per heavy atom. The van der Waals surface area contributed by atoms with E-state index in [-0.39, 0.29) is 8.69 Å². The van der Waals surface area contributed by atoms with Gasteiger partial charge in [0, 0.05) is 31.8 Å². The molecule has 0 atom stereocenters. The Labute approximate surface area is 104 Å². The second-order valence-electron chi connectivity index (χ2n) is 1.70. The Bertz CT molecular complexity index is 613. The number of anilines is 1. The summed E-state index contributed by atoms with van der Waals surface area (Å²) in [7, 11) is 0. The molecule has 2 nitrogen and oxygen atoms in total. The van der Waals surface area contributed by atoms with Crippen LogP contribution in [0.5, 0.6) is 0 Å². The quantitative estimate of drug-likeness (QED) is 0.832. The molecule has 4 heteroatoms. The van der Waals surface area contributed by atoms with Gasteiger partial charge in [-0.2, -0.15) is 0 Å². The fraction of sp³-hybridized carbons (Fsp3) is 0.625. The van der Waals surface area contributed by atoms with Crippen molar-refractivity contribution in [1.29, 1.82) is 0 Å². The van der Waals surface area contributed by atoms with Crippen LogP contribution in [0.2, 0.25) is 0 Å². The average Bonchev–Trinajstić information content (AvgIpc) is 2.65. The van der Waals surface area contributed by atoms with Crippen molar-refractivity contribution < 1.29 is 17.8 Å². The summed E-state index contributed by atoms with van der Waals surface area (Å²) in [5.41, 5.74) is -0.730. The van der Waals surface area contributed by atoms with E-state index in [9.17, 15) is 0 Å². The SMILES string of the molecule is [2H]C([2H])([2H])N(c1nc(C([2H])([2H])C([2H])([2H])C([2H])([2H])[2H])c(Br)s1)C([2H])([2H])[2H]. The molecule has 1 aromatic rings. The molecular weight excluding hydrogens is 236 g/mol. The maximum absolute atomic E-state index is 7.88. The minimum atomic E-state index is -3.36. The molecule has 0 spiro atoms. The summed E-state index contributed by atoms with van der Waals surface area (Å²) in [6.07, 6.45) is -6.51. The van der Waals surface area contributed by atoms with Crippen LogP contribution < -0.4 is 4.90 Å². The molecule has 1 heterocycles. The fourth-order valence-electron chi connectivity index (χ4n) is 0.523. The zero-order chi connectivity index (χ0) is 20.2. The van der Waals surface area contributed by atoms with Crippen molar-refractivity contribution in [2.45, 2.75) is 19.6 Å². The van der Waals surface area contributed by atoms with Crippen LogP contribution in [0, 0.1) is 0 Å². The van der Waals surface area contributed by atoms with Gasteiger partial charge in [-0.3, -0.25) is 0 Å². The average molecular weight is 262 g/mol. The van der Waals surface area contributed by atoms with Gasteiger partial charge in [0.05, 0.1) is 9.48 Å². The van der Waals surface area contributed by atoms with Crippen molar-refractivity contribution in [1.82, 2.24) is 4.98 Å². The summed E-state index contributed by atoms with van der Waals surface area (Å²) in [5, 5.41) is -0.618. The lowest BCUT2D eigenvalue weighted by molar-refractivity contribution is 0.884. The van der Waals surface area contributed by atoms with E-state index in [2.05, 4.69) is 20.9 Å². The van der Waals surface area contributed by atoms with E-state index in [1.165, 1.54) is 0 Å². The van der Waals surface area contributed by atoms with Crippen LogP contribution in [0.3, 0.4) is 0 Å². The highest BCUT2D eigenvalue weighted by Crippen LogP contribution is 2.30. The number of hydrogen-bond donors (Lipinski definition) is 0. The summed E-state index contributed by atoms with van der Waals surface area (Å²) in [5.74, 6) is 0. The summed E-state index contributed by atoms with van der Waals surface area (Å²) >= 11 is 3.34. The molecule has 0 fully saturated rings. The topological polar surface area (TPSA) is 16.1 Å². The maximum atomic E-state index is 7.88. The highest BCUT2D eigenvalue weighted by molar-refractivity contribution is 9.11. The van der Waals surface area contributed by atoms with Crippen molar-refractivity contribution in [2.24, 2.45) is 0 Å². The normalized spacial score (nSPS) is 31.9. The lowest BCUT2D eigenvalue weighted by Gasteiger charge is -2.05. The molecule has 0 aromatic carbocycles. The molecular formula is C8H13BrN2S. The van der Waals surface area contributed by atoms with E-state index in [0.717, 1.165) is 0 Å². The first-order valence-corrected chi connectivity index (χ1v) is 4.32. The van der Waals surface area contributed by atoms with Gasteiger partial charge in [0.2, 0.25) is 0 Å². The van der Waals surface area contributed by atoms with Gasteiger partial charge in [-0.1, -0.05) is 24.6 Å². The Balaban J connectivity index is 3.55. The standard InChI is InChI=1S/C8H13BrN2S/c1-4-5-6-7(9)12-8(10-6)11(2)3/h4-5H2,1-3H3/i1D3,2D3,3D3,4D2,5D2. The highest BCUT2D eigenvalue weighted by Gasteiger charge is 2.08. The monoisotopic (exact) mass is 261 g/mol. The van der Waals surface area contributed by atoms with Crippen LogP contribution in [-0.2, 0) is 6.37 Å². The minimum absolute atomic E-state index is 0.0138. The van der Waals surface area contributed by atoms with E-state index in [4.69, 9.17) is 17.8 Å². The van der Waals surface area contributed by atoms with E-state index in [1.54, 1.807) is 0 Å². The van der Waals surface area contributed by atoms with Crippen molar-refractivity contribution in [3.05, 3.63) is 9.48 Å². The van der Waals surface area contributed by atoms with Crippen LogP contribution >= 0.6 is 27.3 Å². The fourth-order valence-corrected chi connectivity index (χ4v) is 1.73. The summed E-state index contributed by atoms with van der Waals surface area (Å²) in [6.45, 7) is -9.60. The first-order valence-electron chi connectivity index (χ1n) is 9.22. The van der Waals surface area contributed by atoms with Gasteiger partial charge in [-0.25, -0.2) is 4.98 Å². The van der Waals surface area contributed by atoms with Crippen LogP contribution in [0.25, 0.3) is 0 Å². The number of aryl methyl sites for hydroxylation is 1. The molecule has 0 saturated carbocycles. The van der Waals surface area contributed by atoms with Crippen molar-refractivity contribution in [2.75, 3.05) is 18.9 Å². The summed E-state index contributed by atoms with van der Waals surface area (Å²) in [6, 6.07) is 0. The molecule has 12 heavy (non-hydrogen) atoms. The van der Waals surface area contributed by atoms with Gasteiger partial charge in [0.25, 0.3) is 0 Å². The van der Waals surface area contributed by atoms with Crippen molar-refractivity contribution in [3.8, 4) is 0 Å². The zero-order valence-corrected chi connectivity index (χ0v) is 8.08. The Morgan fingerprint density at radius 2 is 2.58 bits per heavy atom. The molecule has 1 aromatic heterocycles. The highest BCUT2D eigenvalue weighted by atomic mass is 79.9.